The van der Waals surface area contributed by atoms with E-state index in [0.717, 1.165) is 11.0 Å². The van der Waals surface area contributed by atoms with Gasteiger partial charge in [0.05, 0.1) is 27.9 Å². The highest BCUT2D eigenvalue weighted by molar-refractivity contribution is 6.07. The molecule has 0 radical (unpaired) electrons. The monoisotopic (exact) mass is 463 g/mol. The van der Waals surface area contributed by atoms with Crippen LogP contribution in [0.5, 0.6) is 0 Å². The Morgan fingerprint density at radius 2 is 1.71 bits per heavy atom. The SMILES string of the molecule is C/C(=N\c1nc2ccccc2[nH]1)c1cc(C(=O)Nc2ccccn2)c(C)n(-c2ccccn2)c1=O. The molecule has 35 heavy (non-hydrogen) atoms. The third kappa shape index (κ3) is 4.34. The predicted octanol–water partition coefficient (Wildman–Crippen LogP) is 4.21. The molecule has 2 N–H and O–H groups in total. The summed E-state index contributed by atoms with van der Waals surface area (Å²) in [4.78, 5) is 47.5. The number of H-pyrrole nitrogens is 1. The number of imidazole rings is 1. The van der Waals surface area contributed by atoms with Crippen molar-refractivity contribution in [2.45, 2.75) is 13.8 Å². The van der Waals surface area contributed by atoms with Crippen LogP contribution in [0.3, 0.4) is 0 Å². The first-order chi connectivity index (χ1) is 17.0. The topological polar surface area (TPSA) is 118 Å². The lowest BCUT2D eigenvalue weighted by Crippen LogP contribution is -2.30. The maximum Gasteiger partial charge on any atom is 0.265 e. The zero-order valence-corrected chi connectivity index (χ0v) is 19.1. The van der Waals surface area contributed by atoms with Gasteiger partial charge in [-0.15, -0.1) is 0 Å². The van der Waals surface area contributed by atoms with Crippen LogP contribution >= 0.6 is 0 Å². The molecule has 4 heterocycles. The van der Waals surface area contributed by atoms with Crippen LogP contribution in [0.2, 0.25) is 0 Å². The molecular weight excluding hydrogens is 442 g/mol. The van der Waals surface area contributed by atoms with Gasteiger partial charge in [0, 0.05) is 18.1 Å². The van der Waals surface area contributed by atoms with Crippen molar-refractivity contribution in [3.8, 4) is 5.82 Å². The van der Waals surface area contributed by atoms with Crippen LogP contribution in [0.1, 0.15) is 28.5 Å². The molecule has 9 heteroatoms. The molecule has 1 amide bonds. The van der Waals surface area contributed by atoms with Crippen LogP contribution in [-0.2, 0) is 0 Å². The van der Waals surface area contributed by atoms with Gasteiger partial charge >= 0.3 is 0 Å². The Labute approximate surface area is 200 Å². The maximum atomic E-state index is 13.6. The van der Waals surface area contributed by atoms with Gasteiger partial charge in [0.2, 0.25) is 5.95 Å². The number of anilines is 1. The number of para-hydroxylation sites is 2. The van der Waals surface area contributed by atoms with Crippen LogP contribution in [0.25, 0.3) is 16.9 Å². The van der Waals surface area contributed by atoms with Crippen molar-refractivity contribution in [3.05, 3.63) is 106 Å². The number of aliphatic imine (C=N–C) groups is 1. The second-order valence-corrected chi connectivity index (χ2v) is 7.83. The molecule has 172 valence electrons. The van der Waals surface area contributed by atoms with E-state index in [1.807, 2.05) is 24.3 Å². The van der Waals surface area contributed by atoms with Crippen LogP contribution < -0.4 is 10.9 Å². The van der Waals surface area contributed by atoms with Gasteiger partial charge in [-0.1, -0.05) is 24.3 Å². The molecule has 0 spiro atoms. The Morgan fingerprint density at radius 1 is 0.971 bits per heavy atom. The predicted molar refractivity (Wildman–Crippen MR) is 135 cm³/mol. The first-order valence-corrected chi connectivity index (χ1v) is 10.9. The highest BCUT2D eigenvalue weighted by Crippen LogP contribution is 2.19. The van der Waals surface area contributed by atoms with Gasteiger partial charge in [-0.25, -0.2) is 19.9 Å². The fourth-order valence-corrected chi connectivity index (χ4v) is 3.79. The molecule has 0 aliphatic rings. The van der Waals surface area contributed by atoms with E-state index in [1.54, 1.807) is 68.7 Å². The number of pyridine rings is 3. The summed E-state index contributed by atoms with van der Waals surface area (Å²) in [6.45, 7) is 3.42. The molecule has 0 unspecified atom stereocenters. The number of carbonyl (C=O) groups is 1. The van der Waals surface area contributed by atoms with Gasteiger partial charge in [-0.3, -0.25) is 14.2 Å². The van der Waals surface area contributed by atoms with Gasteiger partial charge in [0.15, 0.2) is 0 Å². The third-order valence-corrected chi connectivity index (χ3v) is 5.52. The van der Waals surface area contributed by atoms with Crippen molar-refractivity contribution in [1.82, 2.24) is 24.5 Å². The number of rotatable bonds is 5. The maximum absolute atomic E-state index is 13.6. The van der Waals surface area contributed by atoms with E-state index in [2.05, 4.69) is 30.2 Å². The Bertz CT molecular complexity index is 1590. The molecule has 0 aliphatic carbocycles. The lowest BCUT2D eigenvalue weighted by atomic mass is 10.1. The van der Waals surface area contributed by atoms with Gasteiger partial charge in [0.1, 0.15) is 11.6 Å². The van der Waals surface area contributed by atoms with Crippen molar-refractivity contribution in [1.29, 1.82) is 0 Å². The molecular formula is C26H21N7O2. The summed E-state index contributed by atoms with van der Waals surface area (Å²) in [5, 5.41) is 2.79. The van der Waals surface area contributed by atoms with Crippen molar-refractivity contribution < 1.29 is 4.79 Å². The molecule has 0 aliphatic heterocycles. The van der Waals surface area contributed by atoms with Gasteiger partial charge in [-0.2, -0.15) is 0 Å². The van der Waals surface area contributed by atoms with Crippen molar-refractivity contribution >= 4 is 34.4 Å². The zero-order valence-electron chi connectivity index (χ0n) is 19.1. The quantitative estimate of drug-likeness (QED) is 0.379. The Balaban J connectivity index is 1.65. The van der Waals surface area contributed by atoms with Gasteiger partial charge in [-0.05, 0) is 56.3 Å². The average Bonchev–Trinajstić information content (AvgIpc) is 3.27. The number of benzene rings is 1. The first kappa shape index (κ1) is 21.9. The van der Waals surface area contributed by atoms with E-state index in [0.29, 0.717) is 34.6 Å². The van der Waals surface area contributed by atoms with E-state index < -0.39 is 5.91 Å². The summed E-state index contributed by atoms with van der Waals surface area (Å²) >= 11 is 0. The smallest absolute Gasteiger partial charge is 0.265 e. The lowest BCUT2D eigenvalue weighted by Gasteiger charge is -2.16. The number of hydrogen-bond acceptors (Lipinski definition) is 6. The van der Waals surface area contributed by atoms with Gasteiger partial charge < -0.3 is 10.3 Å². The van der Waals surface area contributed by atoms with E-state index in [1.165, 1.54) is 4.57 Å². The van der Waals surface area contributed by atoms with E-state index in [4.69, 9.17) is 0 Å². The number of nitrogens with one attached hydrogen (secondary N) is 2. The molecule has 0 bridgehead atoms. The molecule has 5 rings (SSSR count). The standard InChI is InChI=1S/C26H21N7O2/c1-16(29-26-30-20-9-3-4-10-21(20)31-26)18-15-19(24(34)32-22-11-5-7-13-27-22)17(2)33(25(18)35)23-12-6-8-14-28-23/h3-15H,1-2H3,(H,30,31)(H,27,32,34)/b29-16+. The Hall–Kier alpha value is -4.92. The summed E-state index contributed by atoms with van der Waals surface area (Å²) in [6.07, 6.45) is 3.18. The molecule has 1 aromatic carbocycles. The van der Waals surface area contributed by atoms with E-state index >= 15 is 0 Å². The number of hydrogen-bond donors (Lipinski definition) is 2. The molecule has 0 fully saturated rings. The van der Waals surface area contributed by atoms with Gasteiger partial charge in [0.25, 0.3) is 11.5 Å². The summed E-state index contributed by atoms with van der Waals surface area (Å²) < 4.78 is 1.42. The zero-order chi connectivity index (χ0) is 24.4. The minimum Gasteiger partial charge on any atom is -0.322 e. The number of nitrogens with zero attached hydrogens (tertiary/aromatic N) is 5. The summed E-state index contributed by atoms with van der Waals surface area (Å²) in [6, 6.07) is 19.6. The number of aromatic nitrogens is 5. The van der Waals surface area contributed by atoms with Crippen molar-refractivity contribution in [3.63, 3.8) is 0 Å². The fraction of sp³-hybridized carbons (Fsp3) is 0.0769. The fourth-order valence-electron chi connectivity index (χ4n) is 3.79. The van der Waals surface area contributed by atoms with Crippen LogP contribution in [0, 0.1) is 6.92 Å². The molecule has 9 nitrogen and oxygen atoms in total. The third-order valence-electron chi connectivity index (χ3n) is 5.52. The number of carbonyl (C=O) groups excluding carboxylic acids is 1. The van der Waals surface area contributed by atoms with Crippen LogP contribution in [-0.4, -0.2) is 36.1 Å². The van der Waals surface area contributed by atoms with E-state index in [9.17, 15) is 9.59 Å². The Morgan fingerprint density at radius 3 is 2.43 bits per heavy atom. The lowest BCUT2D eigenvalue weighted by molar-refractivity contribution is 0.102. The second kappa shape index (κ2) is 9.14. The highest BCUT2D eigenvalue weighted by Gasteiger charge is 2.20. The van der Waals surface area contributed by atoms with Crippen LogP contribution in [0.4, 0.5) is 11.8 Å². The molecule has 0 saturated heterocycles. The molecule has 5 aromatic rings. The first-order valence-electron chi connectivity index (χ1n) is 10.9. The average molecular weight is 464 g/mol. The molecule has 4 aromatic heterocycles. The second-order valence-electron chi connectivity index (χ2n) is 7.83. The minimum atomic E-state index is -0.399. The largest absolute Gasteiger partial charge is 0.322 e. The van der Waals surface area contributed by atoms with Crippen LogP contribution in [0.15, 0.2) is 88.9 Å². The molecule has 0 atom stereocenters. The number of fused-ring (bicyclic) bond motifs is 1. The van der Waals surface area contributed by atoms with E-state index in [-0.39, 0.29) is 11.1 Å². The summed E-state index contributed by atoms with van der Waals surface area (Å²) in [5.74, 6) is 0.776. The molecule has 0 saturated carbocycles. The summed E-state index contributed by atoms with van der Waals surface area (Å²) in [5.41, 5.74) is 2.68. The number of aromatic amines is 1. The normalized spacial score (nSPS) is 11.5. The minimum absolute atomic E-state index is 0.257. The van der Waals surface area contributed by atoms with Crippen molar-refractivity contribution in [2.24, 2.45) is 4.99 Å². The highest BCUT2D eigenvalue weighted by atomic mass is 16.2. The summed E-state index contributed by atoms with van der Waals surface area (Å²) in [7, 11) is 0. The van der Waals surface area contributed by atoms with Crippen molar-refractivity contribution in [2.75, 3.05) is 5.32 Å². The Kier molecular flexibility index (Phi) is 5.72. The number of amides is 1.